The smallest absolute Gasteiger partial charge is 0.226 e. The first-order valence-corrected chi connectivity index (χ1v) is 8.93. The number of nitrogens with zero attached hydrogens (tertiary/aromatic N) is 4. The summed E-state index contributed by atoms with van der Waals surface area (Å²) in [7, 11) is 0. The minimum Gasteiger partial charge on any atom is -0.393 e. The fraction of sp³-hybridized carbons (Fsp3) is 0.688. The van der Waals surface area contributed by atoms with E-state index in [9.17, 15) is 5.11 Å². The lowest BCUT2D eigenvalue weighted by atomic mass is 9.93. The quantitative estimate of drug-likeness (QED) is 0.803. The van der Waals surface area contributed by atoms with E-state index in [0.717, 1.165) is 42.7 Å². The molecular weight excluding hydrogens is 349 g/mol. The molecule has 2 N–H and O–H groups in total. The molecule has 6 nitrogen and oxygen atoms in total. The molecule has 2 fully saturated rings. The summed E-state index contributed by atoms with van der Waals surface area (Å²) in [5, 5.41) is 13.4. The van der Waals surface area contributed by atoms with Gasteiger partial charge in [0.2, 0.25) is 5.28 Å². The molecule has 2 heterocycles. The van der Waals surface area contributed by atoms with Crippen LogP contribution in [0.25, 0.3) is 11.2 Å². The highest BCUT2D eigenvalue weighted by Gasteiger charge is 2.24. The first kappa shape index (κ1) is 17.7. The van der Waals surface area contributed by atoms with Crippen molar-refractivity contribution in [2.45, 2.75) is 69.6 Å². The van der Waals surface area contributed by atoms with E-state index in [-0.39, 0.29) is 23.8 Å². The molecule has 0 atom stereocenters. The maximum absolute atomic E-state index is 9.64. The zero-order valence-electron chi connectivity index (χ0n) is 13.5. The fourth-order valence-corrected chi connectivity index (χ4v) is 4.02. The van der Waals surface area contributed by atoms with Crippen LogP contribution in [-0.2, 0) is 0 Å². The van der Waals surface area contributed by atoms with Crippen molar-refractivity contribution < 1.29 is 5.11 Å². The first-order chi connectivity index (χ1) is 11.2. The van der Waals surface area contributed by atoms with E-state index in [1.54, 1.807) is 0 Å². The van der Waals surface area contributed by atoms with Crippen LogP contribution in [0.5, 0.6) is 0 Å². The van der Waals surface area contributed by atoms with Gasteiger partial charge in [0.1, 0.15) is 0 Å². The van der Waals surface area contributed by atoms with Crippen LogP contribution in [0.1, 0.15) is 57.4 Å². The molecule has 24 heavy (non-hydrogen) atoms. The number of aromatic nitrogens is 4. The number of rotatable bonds is 3. The Morgan fingerprint density at radius 1 is 1.08 bits per heavy atom. The standard InChI is InChI=1S/C16H22ClN5O.ClH/c17-16-20-14(19-10-5-7-12(23)8-6-10)13-15(21-16)22(9-18-13)11-3-1-2-4-11;/h9-12,23H,1-8H2,(H,19,20,21);1H. The first-order valence-electron chi connectivity index (χ1n) is 8.55. The van der Waals surface area contributed by atoms with Crippen LogP contribution in [0.3, 0.4) is 0 Å². The summed E-state index contributed by atoms with van der Waals surface area (Å²) in [6.07, 6.45) is 10.1. The molecule has 2 aliphatic carbocycles. The summed E-state index contributed by atoms with van der Waals surface area (Å²) in [5.41, 5.74) is 1.63. The molecular formula is C16H23Cl2N5O. The second-order valence-electron chi connectivity index (χ2n) is 6.75. The minimum absolute atomic E-state index is 0. The average molecular weight is 372 g/mol. The molecule has 0 bridgehead atoms. The third kappa shape index (κ3) is 3.46. The van der Waals surface area contributed by atoms with Gasteiger partial charge in [-0.3, -0.25) is 0 Å². The van der Waals surface area contributed by atoms with Crippen molar-refractivity contribution in [1.82, 2.24) is 19.5 Å². The van der Waals surface area contributed by atoms with Gasteiger partial charge in [0.25, 0.3) is 0 Å². The average Bonchev–Trinajstić information content (AvgIpc) is 3.18. The zero-order valence-corrected chi connectivity index (χ0v) is 15.1. The summed E-state index contributed by atoms with van der Waals surface area (Å²) in [5.74, 6) is 0.720. The van der Waals surface area contributed by atoms with Crippen LogP contribution in [0, 0.1) is 0 Å². The largest absolute Gasteiger partial charge is 0.393 e. The zero-order chi connectivity index (χ0) is 15.8. The predicted octanol–water partition coefficient (Wildman–Crippen LogP) is 3.73. The van der Waals surface area contributed by atoms with Crippen LogP contribution in [-0.4, -0.2) is 36.8 Å². The lowest BCUT2D eigenvalue weighted by Crippen LogP contribution is -2.28. The van der Waals surface area contributed by atoms with Gasteiger partial charge in [-0.2, -0.15) is 9.97 Å². The number of hydrogen-bond acceptors (Lipinski definition) is 5. The molecule has 0 radical (unpaired) electrons. The number of aliphatic hydroxyl groups excluding tert-OH is 1. The Hall–Kier alpha value is -1.11. The van der Waals surface area contributed by atoms with Gasteiger partial charge in [0.15, 0.2) is 17.0 Å². The lowest BCUT2D eigenvalue weighted by molar-refractivity contribution is 0.126. The Bertz CT molecular complexity index is 693. The number of fused-ring (bicyclic) bond motifs is 1. The molecule has 0 saturated heterocycles. The number of anilines is 1. The van der Waals surface area contributed by atoms with Crippen molar-refractivity contribution >= 4 is 41.0 Å². The van der Waals surface area contributed by atoms with E-state index in [1.165, 1.54) is 25.7 Å². The molecule has 2 aliphatic rings. The molecule has 0 amide bonds. The van der Waals surface area contributed by atoms with Crippen LogP contribution >= 0.6 is 24.0 Å². The maximum atomic E-state index is 9.64. The molecule has 0 spiro atoms. The summed E-state index contributed by atoms with van der Waals surface area (Å²) in [4.78, 5) is 13.3. The topological polar surface area (TPSA) is 75.9 Å². The van der Waals surface area contributed by atoms with Crippen molar-refractivity contribution in [2.24, 2.45) is 0 Å². The second-order valence-corrected chi connectivity index (χ2v) is 7.09. The van der Waals surface area contributed by atoms with E-state index in [2.05, 4.69) is 24.8 Å². The summed E-state index contributed by atoms with van der Waals surface area (Å²) < 4.78 is 2.16. The Kier molecular flexibility index (Phi) is 5.47. The van der Waals surface area contributed by atoms with Crippen molar-refractivity contribution in [3.63, 3.8) is 0 Å². The lowest BCUT2D eigenvalue weighted by Gasteiger charge is -2.26. The minimum atomic E-state index is -0.163. The molecule has 0 aromatic carbocycles. The fourth-order valence-electron chi connectivity index (χ4n) is 3.85. The van der Waals surface area contributed by atoms with Gasteiger partial charge in [0, 0.05) is 12.1 Å². The number of hydrogen-bond donors (Lipinski definition) is 2. The summed E-state index contributed by atoms with van der Waals surface area (Å²) in [6.45, 7) is 0. The van der Waals surface area contributed by atoms with Crippen molar-refractivity contribution in [1.29, 1.82) is 0 Å². The third-order valence-corrected chi connectivity index (χ3v) is 5.32. The summed E-state index contributed by atoms with van der Waals surface area (Å²) >= 11 is 6.16. The van der Waals surface area contributed by atoms with Gasteiger partial charge >= 0.3 is 0 Å². The predicted molar refractivity (Wildman–Crippen MR) is 97.0 cm³/mol. The Morgan fingerprint density at radius 3 is 2.50 bits per heavy atom. The monoisotopic (exact) mass is 371 g/mol. The number of nitrogens with one attached hydrogen (secondary N) is 1. The van der Waals surface area contributed by atoms with Crippen LogP contribution in [0.2, 0.25) is 5.28 Å². The Morgan fingerprint density at radius 2 is 1.79 bits per heavy atom. The van der Waals surface area contributed by atoms with Gasteiger partial charge < -0.3 is 15.0 Å². The van der Waals surface area contributed by atoms with Gasteiger partial charge in [-0.15, -0.1) is 12.4 Å². The number of aliphatic hydroxyl groups is 1. The van der Waals surface area contributed by atoms with Crippen LogP contribution < -0.4 is 5.32 Å². The normalized spacial score (nSPS) is 24.9. The van der Waals surface area contributed by atoms with E-state index < -0.39 is 0 Å². The number of halogens is 2. The van der Waals surface area contributed by atoms with E-state index in [0.29, 0.717) is 12.1 Å². The SMILES string of the molecule is Cl.OC1CCC(Nc2nc(Cl)nc3c2ncn3C2CCCC2)CC1. The maximum Gasteiger partial charge on any atom is 0.226 e. The molecule has 132 valence electrons. The van der Waals surface area contributed by atoms with Gasteiger partial charge in [0.05, 0.1) is 12.4 Å². The summed E-state index contributed by atoms with van der Waals surface area (Å²) in [6, 6.07) is 0.785. The van der Waals surface area contributed by atoms with Gasteiger partial charge in [-0.1, -0.05) is 12.8 Å². The molecule has 2 aromatic rings. The van der Waals surface area contributed by atoms with Crippen molar-refractivity contribution in [3.8, 4) is 0 Å². The highest BCUT2D eigenvalue weighted by atomic mass is 35.5. The molecule has 4 rings (SSSR count). The van der Waals surface area contributed by atoms with Gasteiger partial charge in [-0.05, 0) is 50.1 Å². The van der Waals surface area contributed by atoms with Crippen molar-refractivity contribution in [3.05, 3.63) is 11.6 Å². The second kappa shape index (κ2) is 7.42. The molecule has 0 unspecified atom stereocenters. The van der Waals surface area contributed by atoms with E-state index in [1.807, 2.05) is 6.33 Å². The highest BCUT2D eigenvalue weighted by molar-refractivity contribution is 6.28. The molecule has 2 aromatic heterocycles. The van der Waals surface area contributed by atoms with Crippen LogP contribution in [0.15, 0.2) is 6.33 Å². The van der Waals surface area contributed by atoms with Crippen molar-refractivity contribution in [2.75, 3.05) is 5.32 Å². The highest BCUT2D eigenvalue weighted by Crippen LogP contribution is 2.33. The Balaban J connectivity index is 0.00000169. The molecule has 8 heteroatoms. The molecule has 2 saturated carbocycles. The molecule has 0 aliphatic heterocycles. The van der Waals surface area contributed by atoms with E-state index in [4.69, 9.17) is 11.6 Å². The van der Waals surface area contributed by atoms with Crippen LogP contribution in [0.4, 0.5) is 5.82 Å². The number of imidazole rings is 1. The Labute approximate surface area is 152 Å². The third-order valence-electron chi connectivity index (χ3n) is 5.15. The van der Waals surface area contributed by atoms with E-state index >= 15 is 0 Å². The van der Waals surface area contributed by atoms with Gasteiger partial charge in [-0.25, -0.2) is 4.98 Å².